The molecule has 5 nitrogen and oxygen atoms in total. The number of rotatable bonds is 4. The highest BCUT2D eigenvalue weighted by molar-refractivity contribution is 7.92. The lowest BCUT2D eigenvalue weighted by Crippen LogP contribution is -2.44. The summed E-state index contributed by atoms with van der Waals surface area (Å²) in [7, 11) is -1.89. The maximum atomic E-state index is 12.6. The van der Waals surface area contributed by atoms with E-state index in [1.54, 1.807) is 12.1 Å². The van der Waals surface area contributed by atoms with Gasteiger partial charge in [0.15, 0.2) is 0 Å². The van der Waals surface area contributed by atoms with Crippen LogP contribution >= 0.6 is 0 Å². The number of halogens is 3. The SMILES string of the molecule is CN1CCN(c2ccc(NS(=O)(=O)c3ccc(C(F)(F)F)cc3)cc2)CC1. The second-order valence-electron chi connectivity index (χ2n) is 6.46. The Morgan fingerprint density at radius 1 is 0.889 bits per heavy atom. The van der Waals surface area contributed by atoms with Crippen LogP contribution in [0.1, 0.15) is 5.56 Å². The van der Waals surface area contributed by atoms with Crippen molar-refractivity contribution in [2.24, 2.45) is 0 Å². The molecule has 1 aliphatic heterocycles. The van der Waals surface area contributed by atoms with Gasteiger partial charge in [-0.2, -0.15) is 13.2 Å². The first-order valence-corrected chi connectivity index (χ1v) is 9.87. The number of nitrogens with one attached hydrogen (secondary N) is 1. The van der Waals surface area contributed by atoms with Gasteiger partial charge in [0.2, 0.25) is 0 Å². The smallest absolute Gasteiger partial charge is 0.369 e. The largest absolute Gasteiger partial charge is 0.416 e. The van der Waals surface area contributed by atoms with Crippen LogP contribution in [0.2, 0.25) is 0 Å². The Labute approximate surface area is 156 Å². The number of benzene rings is 2. The lowest BCUT2D eigenvalue weighted by molar-refractivity contribution is -0.137. The first kappa shape index (κ1) is 19.5. The van der Waals surface area contributed by atoms with Crippen LogP contribution in [0.15, 0.2) is 53.4 Å². The lowest BCUT2D eigenvalue weighted by Gasteiger charge is -2.34. The Kier molecular flexibility index (Phi) is 5.34. The Hall–Kier alpha value is -2.26. The van der Waals surface area contributed by atoms with Gasteiger partial charge in [0, 0.05) is 37.6 Å². The van der Waals surface area contributed by atoms with E-state index in [-0.39, 0.29) is 4.90 Å². The number of piperazine rings is 1. The maximum absolute atomic E-state index is 12.6. The molecule has 0 amide bonds. The van der Waals surface area contributed by atoms with Crippen molar-refractivity contribution >= 4 is 21.4 Å². The van der Waals surface area contributed by atoms with Crippen molar-refractivity contribution in [1.82, 2.24) is 4.90 Å². The third-order valence-corrected chi connectivity index (χ3v) is 5.88. The second kappa shape index (κ2) is 7.40. The molecule has 0 saturated carbocycles. The number of hydrogen-bond donors (Lipinski definition) is 1. The van der Waals surface area contributed by atoms with E-state index in [2.05, 4.69) is 21.6 Å². The molecule has 3 rings (SSSR count). The zero-order chi connectivity index (χ0) is 19.7. The van der Waals surface area contributed by atoms with E-state index in [0.717, 1.165) is 56.1 Å². The van der Waals surface area contributed by atoms with Crippen molar-refractivity contribution in [3.63, 3.8) is 0 Å². The fraction of sp³-hybridized carbons (Fsp3) is 0.333. The van der Waals surface area contributed by atoms with Crippen LogP contribution < -0.4 is 9.62 Å². The quantitative estimate of drug-likeness (QED) is 0.858. The fourth-order valence-corrected chi connectivity index (χ4v) is 3.90. The van der Waals surface area contributed by atoms with E-state index in [9.17, 15) is 21.6 Å². The van der Waals surface area contributed by atoms with Crippen LogP contribution in [-0.2, 0) is 16.2 Å². The van der Waals surface area contributed by atoms with Crippen molar-refractivity contribution in [3.8, 4) is 0 Å². The Balaban J connectivity index is 1.70. The van der Waals surface area contributed by atoms with E-state index in [1.807, 2.05) is 12.1 Å². The van der Waals surface area contributed by atoms with Gasteiger partial charge in [-0.25, -0.2) is 8.42 Å². The first-order valence-electron chi connectivity index (χ1n) is 8.39. The molecule has 0 spiro atoms. The number of hydrogen-bond acceptors (Lipinski definition) is 4. The summed E-state index contributed by atoms with van der Waals surface area (Å²) in [6, 6.07) is 10.4. The highest BCUT2D eigenvalue weighted by Gasteiger charge is 2.30. The van der Waals surface area contributed by atoms with Crippen LogP contribution in [-0.4, -0.2) is 46.5 Å². The number of alkyl halides is 3. The highest BCUT2D eigenvalue weighted by atomic mass is 32.2. The third-order valence-electron chi connectivity index (χ3n) is 4.48. The molecule has 0 radical (unpaired) electrons. The first-order chi connectivity index (χ1) is 12.6. The summed E-state index contributed by atoms with van der Waals surface area (Å²) in [4.78, 5) is 4.23. The fourth-order valence-electron chi connectivity index (χ4n) is 2.84. The number of nitrogens with zero attached hydrogens (tertiary/aromatic N) is 2. The number of anilines is 2. The molecule has 27 heavy (non-hydrogen) atoms. The Morgan fingerprint density at radius 2 is 1.44 bits per heavy atom. The van der Waals surface area contributed by atoms with Crippen molar-refractivity contribution in [2.75, 3.05) is 42.8 Å². The summed E-state index contributed by atoms with van der Waals surface area (Å²) in [5.74, 6) is 0. The molecule has 1 N–H and O–H groups in total. The van der Waals surface area contributed by atoms with Crippen LogP contribution in [0.4, 0.5) is 24.5 Å². The predicted octanol–water partition coefficient (Wildman–Crippen LogP) is 3.26. The van der Waals surface area contributed by atoms with E-state index >= 15 is 0 Å². The standard InChI is InChI=1S/C18H20F3N3O2S/c1-23-10-12-24(13-11-23)16-6-4-15(5-7-16)22-27(25,26)17-8-2-14(3-9-17)18(19,20)21/h2-9,22H,10-13H2,1H3. The molecule has 0 aliphatic carbocycles. The van der Waals surface area contributed by atoms with Crippen LogP contribution in [0, 0.1) is 0 Å². The van der Waals surface area contributed by atoms with Gasteiger partial charge in [-0.3, -0.25) is 4.72 Å². The second-order valence-corrected chi connectivity index (χ2v) is 8.15. The summed E-state index contributed by atoms with van der Waals surface area (Å²) in [5.41, 5.74) is 0.464. The monoisotopic (exact) mass is 399 g/mol. The minimum Gasteiger partial charge on any atom is -0.369 e. The molecule has 1 saturated heterocycles. The molecule has 1 fully saturated rings. The lowest BCUT2D eigenvalue weighted by atomic mass is 10.2. The van der Waals surface area contributed by atoms with Crippen molar-refractivity contribution < 1.29 is 21.6 Å². The van der Waals surface area contributed by atoms with E-state index < -0.39 is 21.8 Å². The Morgan fingerprint density at radius 3 is 1.96 bits per heavy atom. The number of likely N-dealkylation sites (N-methyl/N-ethyl adjacent to an activating group) is 1. The zero-order valence-corrected chi connectivity index (χ0v) is 15.5. The normalized spacial score (nSPS) is 16.4. The minimum absolute atomic E-state index is 0.223. The van der Waals surface area contributed by atoms with Crippen molar-refractivity contribution in [2.45, 2.75) is 11.1 Å². The van der Waals surface area contributed by atoms with Crippen LogP contribution in [0.5, 0.6) is 0 Å². The number of sulfonamides is 1. The molecule has 1 heterocycles. The molecule has 2 aromatic carbocycles. The summed E-state index contributed by atoms with van der Waals surface area (Å²) < 4.78 is 65.0. The van der Waals surface area contributed by atoms with Gasteiger partial charge in [-0.05, 0) is 55.6 Å². The molecular weight excluding hydrogens is 379 g/mol. The average molecular weight is 399 g/mol. The molecule has 0 bridgehead atoms. The molecule has 0 aromatic heterocycles. The van der Waals surface area contributed by atoms with E-state index in [1.165, 1.54) is 0 Å². The molecule has 9 heteroatoms. The minimum atomic E-state index is -4.51. The van der Waals surface area contributed by atoms with E-state index in [0.29, 0.717) is 5.69 Å². The molecule has 146 valence electrons. The summed E-state index contributed by atoms with van der Waals surface area (Å²) in [6.45, 7) is 3.71. The van der Waals surface area contributed by atoms with Crippen molar-refractivity contribution in [1.29, 1.82) is 0 Å². The highest BCUT2D eigenvalue weighted by Crippen LogP contribution is 2.30. The van der Waals surface area contributed by atoms with Crippen LogP contribution in [0.25, 0.3) is 0 Å². The zero-order valence-electron chi connectivity index (χ0n) is 14.7. The molecule has 0 unspecified atom stereocenters. The van der Waals surface area contributed by atoms with Crippen LogP contribution in [0.3, 0.4) is 0 Å². The average Bonchev–Trinajstić information content (AvgIpc) is 2.62. The van der Waals surface area contributed by atoms with Gasteiger partial charge in [0.25, 0.3) is 10.0 Å². The van der Waals surface area contributed by atoms with Gasteiger partial charge in [-0.15, -0.1) is 0 Å². The third kappa shape index (κ3) is 4.72. The van der Waals surface area contributed by atoms with Crippen molar-refractivity contribution in [3.05, 3.63) is 54.1 Å². The predicted molar refractivity (Wildman–Crippen MR) is 98.4 cm³/mol. The van der Waals surface area contributed by atoms with Gasteiger partial charge in [0.05, 0.1) is 10.5 Å². The maximum Gasteiger partial charge on any atom is 0.416 e. The summed E-state index contributed by atoms with van der Waals surface area (Å²) >= 11 is 0. The molecule has 2 aromatic rings. The summed E-state index contributed by atoms with van der Waals surface area (Å²) in [5, 5.41) is 0. The van der Waals surface area contributed by atoms with Gasteiger partial charge in [0.1, 0.15) is 0 Å². The van der Waals surface area contributed by atoms with Gasteiger partial charge < -0.3 is 9.80 Å². The molecular formula is C18H20F3N3O2S. The van der Waals surface area contributed by atoms with E-state index in [4.69, 9.17) is 0 Å². The molecule has 0 atom stereocenters. The Bertz CT molecular complexity index is 874. The van der Waals surface area contributed by atoms with Gasteiger partial charge in [-0.1, -0.05) is 0 Å². The van der Waals surface area contributed by atoms with Gasteiger partial charge >= 0.3 is 6.18 Å². The topological polar surface area (TPSA) is 52.6 Å². The summed E-state index contributed by atoms with van der Waals surface area (Å²) in [6.07, 6.45) is -4.51. The molecule has 1 aliphatic rings.